The molecule has 2 aromatic rings. The van der Waals surface area contributed by atoms with Crippen LogP contribution >= 0.6 is 0 Å². The minimum atomic E-state index is 0.162. The molecule has 3 rings (SSSR count). The molecule has 4 nitrogen and oxygen atoms in total. The van der Waals surface area contributed by atoms with Crippen molar-refractivity contribution in [2.24, 2.45) is 0 Å². The highest BCUT2D eigenvalue weighted by Crippen LogP contribution is 2.29. The Hall–Kier alpha value is -1.96. The molecule has 0 amide bonds. The highest BCUT2D eigenvalue weighted by Gasteiger charge is 2.23. The number of hydrogen-bond donors (Lipinski definition) is 1. The van der Waals surface area contributed by atoms with Crippen molar-refractivity contribution in [3.8, 4) is 6.07 Å². The number of nitrogens with zero attached hydrogens (tertiary/aromatic N) is 3. The first-order valence-corrected chi connectivity index (χ1v) is 7.05. The third-order valence-electron chi connectivity index (χ3n) is 3.92. The Labute approximate surface area is 119 Å². The number of benzene rings is 1. The molecule has 1 saturated heterocycles. The molecule has 0 bridgehead atoms. The lowest BCUT2D eigenvalue weighted by Crippen LogP contribution is -2.45. The minimum absolute atomic E-state index is 0.162. The predicted octanol–water partition coefficient (Wildman–Crippen LogP) is 2.09. The van der Waals surface area contributed by atoms with E-state index in [1.54, 1.807) is 0 Å². The molecular formula is C16H18N4. The Morgan fingerprint density at radius 2 is 2.05 bits per heavy atom. The molecule has 1 aromatic heterocycles. The normalized spacial score (nSPS) is 17.8. The van der Waals surface area contributed by atoms with Crippen LogP contribution in [0.3, 0.4) is 0 Å². The van der Waals surface area contributed by atoms with Crippen LogP contribution in [0, 0.1) is 11.3 Å². The van der Waals surface area contributed by atoms with E-state index in [9.17, 15) is 5.26 Å². The number of nitriles is 1. The second-order valence-corrected chi connectivity index (χ2v) is 5.08. The van der Waals surface area contributed by atoms with Gasteiger partial charge >= 0.3 is 0 Å². The van der Waals surface area contributed by atoms with Gasteiger partial charge in [0.1, 0.15) is 0 Å². The predicted molar refractivity (Wildman–Crippen MR) is 79.2 cm³/mol. The van der Waals surface area contributed by atoms with Crippen LogP contribution in [0.4, 0.5) is 0 Å². The fourth-order valence-electron chi connectivity index (χ4n) is 2.92. The minimum Gasteiger partial charge on any atom is -0.314 e. The average molecular weight is 266 g/mol. The van der Waals surface area contributed by atoms with E-state index in [4.69, 9.17) is 0 Å². The van der Waals surface area contributed by atoms with E-state index in [1.807, 2.05) is 24.4 Å². The Balaban J connectivity index is 2.02. The maximum atomic E-state index is 9.19. The average Bonchev–Trinajstić information content (AvgIpc) is 2.53. The summed E-state index contributed by atoms with van der Waals surface area (Å²) in [5, 5.41) is 13.7. The van der Waals surface area contributed by atoms with E-state index in [-0.39, 0.29) is 6.04 Å². The van der Waals surface area contributed by atoms with Gasteiger partial charge in [-0.25, -0.2) is 0 Å². The maximum absolute atomic E-state index is 9.19. The lowest BCUT2D eigenvalue weighted by Gasteiger charge is -2.34. The molecule has 0 unspecified atom stereocenters. The van der Waals surface area contributed by atoms with Crippen LogP contribution < -0.4 is 5.32 Å². The zero-order valence-corrected chi connectivity index (χ0v) is 11.4. The summed E-state index contributed by atoms with van der Waals surface area (Å²) in [6, 6.07) is 12.7. The van der Waals surface area contributed by atoms with Crippen molar-refractivity contribution in [1.82, 2.24) is 15.2 Å². The molecule has 0 spiro atoms. The highest BCUT2D eigenvalue weighted by atomic mass is 15.2. The number of aromatic nitrogens is 1. The summed E-state index contributed by atoms with van der Waals surface area (Å²) >= 11 is 0. The van der Waals surface area contributed by atoms with E-state index < -0.39 is 0 Å². The van der Waals surface area contributed by atoms with E-state index in [2.05, 4.69) is 33.4 Å². The molecule has 1 aromatic carbocycles. The van der Waals surface area contributed by atoms with Crippen LogP contribution in [0.5, 0.6) is 0 Å². The molecule has 1 fully saturated rings. The molecule has 4 heteroatoms. The molecule has 1 aliphatic heterocycles. The summed E-state index contributed by atoms with van der Waals surface area (Å²) in [6.45, 7) is 3.96. The van der Waals surface area contributed by atoms with Crippen LogP contribution in [0.25, 0.3) is 10.9 Å². The quantitative estimate of drug-likeness (QED) is 0.924. The molecule has 1 atom stereocenters. The van der Waals surface area contributed by atoms with Crippen LogP contribution in [0.15, 0.2) is 36.5 Å². The number of piperazine rings is 1. The van der Waals surface area contributed by atoms with Crippen molar-refractivity contribution in [3.05, 3.63) is 42.1 Å². The third kappa shape index (κ3) is 2.51. The first-order chi connectivity index (χ1) is 9.90. The highest BCUT2D eigenvalue weighted by molar-refractivity contribution is 5.82. The zero-order valence-electron chi connectivity index (χ0n) is 11.4. The molecule has 1 N–H and O–H groups in total. The van der Waals surface area contributed by atoms with Gasteiger partial charge in [0, 0.05) is 43.8 Å². The summed E-state index contributed by atoms with van der Waals surface area (Å²) < 4.78 is 0. The molecule has 102 valence electrons. The van der Waals surface area contributed by atoms with Gasteiger partial charge in [0.15, 0.2) is 0 Å². The fraction of sp³-hybridized carbons (Fsp3) is 0.375. The summed E-state index contributed by atoms with van der Waals surface area (Å²) in [4.78, 5) is 6.82. The number of hydrogen-bond acceptors (Lipinski definition) is 4. The second kappa shape index (κ2) is 6.00. The van der Waals surface area contributed by atoms with Crippen LogP contribution in [-0.2, 0) is 0 Å². The largest absolute Gasteiger partial charge is 0.314 e. The molecule has 0 radical (unpaired) electrons. The molecule has 0 saturated carbocycles. The zero-order chi connectivity index (χ0) is 13.8. The second-order valence-electron chi connectivity index (χ2n) is 5.08. The third-order valence-corrected chi connectivity index (χ3v) is 3.92. The topological polar surface area (TPSA) is 52.0 Å². The summed E-state index contributed by atoms with van der Waals surface area (Å²) in [6.07, 6.45) is 2.37. The van der Waals surface area contributed by atoms with E-state index >= 15 is 0 Å². The first-order valence-electron chi connectivity index (χ1n) is 7.05. The maximum Gasteiger partial charge on any atom is 0.0705 e. The van der Waals surface area contributed by atoms with Gasteiger partial charge in [0.05, 0.1) is 18.0 Å². The number of rotatable bonds is 3. The van der Waals surface area contributed by atoms with Crippen molar-refractivity contribution >= 4 is 10.9 Å². The molecule has 0 aliphatic carbocycles. The van der Waals surface area contributed by atoms with Gasteiger partial charge < -0.3 is 5.32 Å². The number of pyridine rings is 1. The van der Waals surface area contributed by atoms with Gasteiger partial charge in [-0.15, -0.1) is 0 Å². The lowest BCUT2D eigenvalue weighted by atomic mass is 9.98. The Morgan fingerprint density at radius 1 is 1.25 bits per heavy atom. The standard InChI is InChI=1S/C16H18N4/c17-7-5-16(20-11-9-18-10-12-20)14-6-8-19-15-4-2-1-3-13(14)15/h1-4,6,8,16,18H,5,9-12H2/t16-/m0/s1. The van der Waals surface area contributed by atoms with Crippen molar-refractivity contribution < 1.29 is 0 Å². The lowest BCUT2D eigenvalue weighted by molar-refractivity contribution is 0.176. The smallest absolute Gasteiger partial charge is 0.0705 e. The van der Waals surface area contributed by atoms with E-state index in [1.165, 1.54) is 5.56 Å². The monoisotopic (exact) mass is 266 g/mol. The van der Waals surface area contributed by atoms with Gasteiger partial charge in [-0.05, 0) is 17.7 Å². The van der Waals surface area contributed by atoms with Crippen molar-refractivity contribution in [1.29, 1.82) is 5.26 Å². The van der Waals surface area contributed by atoms with Crippen LogP contribution in [0.1, 0.15) is 18.0 Å². The van der Waals surface area contributed by atoms with Gasteiger partial charge in [0.25, 0.3) is 0 Å². The van der Waals surface area contributed by atoms with Crippen LogP contribution in [-0.4, -0.2) is 36.1 Å². The van der Waals surface area contributed by atoms with Crippen molar-refractivity contribution in [3.63, 3.8) is 0 Å². The summed E-state index contributed by atoms with van der Waals surface area (Å²) in [5.74, 6) is 0. The Kier molecular flexibility index (Phi) is 3.91. The van der Waals surface area contributed by atoms with Crippen molar-refractivity contribution in [2.75, 3.05) is 26.2 Å². The SMILES string of the molecule is N#CC[C@@H](c1ccnc2ccccc12)N1CCNCC1. The molecule has 1 aliphatic rings. The number of fused-ring (bicyclic) bond motifs is 1. The fourth-order valence-corrected chi connectivity index (χ4v) is 2.92. The van der Waals surface area contributed by atoms with E-state index in [0.717, 1.165) is 37.1 Å². The summed E-state index contributed by atoms with van der Waals surface area (Å²) in [7, 11) is 0. The number of para-hydroxylation sites is 1. The molecule has 20 heavy (non-hydrogen) atoms. The van der Waals surface area contributed by atoms with Gasteiger partial charge in [-0.2, -0.15) is 5.26 Å². The van der Waals surface area contributed by atoms with E-state index in [0.29, 0.717) is 6.42 Å². The number of nitrogens with one attached hydrogen (secondary N) is 1. The Morgan fingerprint density at radius 3 is 2.85 bits per heavy atom. The molecular weight excluding hydrogens is 248 g/mol. The van der Waals surface area contributed by atoms with Crippen LogP contribution in [0.2, 0.25) is 0 Å². The van der Waals surface area contributed by atoms with Crippen molar-refractivity contribution in [2.45, 2.75) is 12.5 Å². The molecule has 2 heterocycles. The first kappa shape index (κ1) is 13.0. The summed E-state index contributed by atoms with van der Waals surface area (Å²) in [5.41, 5.74) is 2.22. The van der Waals surface area contributed by atoms with Gasteiger partial charge in [-0.3, -0.25) is 9.88 Å². The van der Waals surface area contributed by atoms with Gasteiger partial charge in [0.2, 0.25) is 0 Å². The van der Waals surface area contributed by atoms with Gasteiger partial charge in [-0.1, -0.05) is 18.2 Å². The Bertz CT molecular complexity index is 620.